The van der Waals surface area contributed by atoms with Crippen molar-refractivity contribution in [3.8, 4) is 0 Å². The van der Waals surface area contributed by atoms with Gasteiger partial charge in [-0.2, -0.15) is 0 Å². The average Bonchev–Trinajstić information content (AvgIpc) is 3.13. The van der Waals surface area contributed by atoms with Gasteiger partial charge in [0.05, 0.1) is 0 Å². The summed E-state index contributed by atoms with van der Waals surface area (Å²) in [5, 5.41) is 0. The van der Waals surface area contributed by atoms with Crippen molar-refractivity contribution in [3.63, 3.8) is 0 Å². The number of hydrogen-bond donors (Lipinski definition) is 0. The quantitative estimate of drug-likeness (QED) is 0.685. The lowest BCUT2D eigenvalue weighted by molar-refractivity contribution is 0.108. The Hall–Kier alpha value is -0.0800. The summed E-state index contributed by atoms with van der Waals surface area (Å²) in [7, 11) is 0. The van der Waals surface area contributed by atoms with Crippen LogP contribution in [0.3, 0.4) is 0 Å². The Labute approximate surface area is 114 Å². The SMILES string of the molecule is CCCN(CC)C1CCN(CCC2(C)CC2)CC1. The second-order valence-electron chi connectivity index (χ2n) is 6.76. The Balaban J connectivity index is 1.66. The minimum atomic E-state index is 0.731. The van der Waals surface area contributed by atoms with E-state index in [2.05, 4.69) is 30.6 Å². The molecule has 2 heteroatoms. The van der Waals surface area contributed by atoms with Crippen molar-refractivity contribution in [2.75, 3.05) is 32.7 Å². The van der Waals surface area contributed by atoms with E-state index in [1.54, 1.807) is 0 Å². The highest BCUT2D eigenvalue weighted by Crippen LogP contribution is 2.48. The highest BCUT2D eigenvalue weighted by Gasteiger charge is 2.37. The first-order valence-electron chi connectivity index (χ1n) is 8.13. The maximum absolute atomic E-state index is 2.71. The fourth-order valence-corrected chi connectivity index (χ4v) is 3.29. The average molecular weight is 252 g/mol. The van der Waals surface area contributed by atoms with Gasteiger partial charge in [0.25, 0.3) is 0 Å². The van der Waals surface area contributed by atoms with Gasteiger partial charge in [-0.3, -0.25) is 0 Å². The van der Waals surface area contributed by atoms with Crippen LogP contribution in [0.25, 0.3) is 0 Å². The minimum Gasteiger partial charge on any atom is -0.303 e. The normalized spacial score (nSPS) is 24.7. The van der Waals surface area contributed by atoms with E-state index in [0.29, 0.717) is 0 Å². The van der Waals surface area contributed by atoms with Crippen molar-refractivity contribution in [2.24, 2.45) is 5.41 Å². The largest absolute Gasteiger partial charge is 0.303 e. The van der Waals surface area contributed by atoms with Crippen LogP contribution in [0.1, 0.15) is 59.3 Å². The smallest absolute Gasteiger partial charge is 0.0119 e. The van der Waals surface area contributed by atoms with Crippen molar-refractivity contribution in [3.05, 3.63) is 0 Å². The molecular weight excluding hydrogens is 220 g/mol. The van der Waals surface area contributed by atoms with Gasteiger partial charge in [0.2, 0.25) is 0 Å². The minimum absolute atomic E-state index is 0.731. The van der Waals surface area contributed by atoms with Crippen molar-refractivity contribution < 1.29 is 0 Å². The van der Waals surface area contributed by atoms with Gasteiger partial charge >= 0.3 is 0 Å². The predicted molar refractivity (Wildman–Crippen MR) is 79.0 cm³/mol. The Morgan fingerprint density at radius 3 is 2.33 bits per heavy atom. The molecule has 0 radical (unpaired) electrons. The molecule has 1 saturated heterocycles. The first kappa shape index (κ1) is 14.3. The fourth-order valence-electron chi connectivity index (χ4n) is 3.29. The van der Waals surface area contributed by atoms with Crippen LogP contribution < -0.4 is 0 Å². The Morgan fingerprint density at radius 1 is 1.17 bits per heavy atom. The van der Waals surface area contributed by atoms with E-state index in [4.69, 9.17) is 0 Å². The van der Waals surface area contributed by atoms with Crippen LogP contribution >= 0.6 is 0 Å². The van der Waals surface area contributed by atoms with E-state index in [1.165, 1.54) is 71.2 Å². The molecule has 1 aliphatic carbocycles. The molecule has 0 bridgehead atoms. The lowest BCUT2D eigenvalue weighted by Gasteiger charge is -2.38. The van der Waals surface area contributed by atoms with E-state index >= 15 is 0 Å². The molecule has 0 atom stereocenters. The van der Waals surface area contributed by atoms with Crippen molar-refractivity contribution in [2.45, 2.75) is 65.3 Å². The van der Waals surface area contributed by atoms with Gasteiger partial charge in [-0.05, 0) is 76.7 Å². The summed E-state index contributed by atoms with van der Waals surface area (Å²) >= 11 is 0. The first-order valence-corrected chi connectivity index (χ1v) is 8.13. The molecule has 2 fully saturated rings. The maximum atomic E-state index is 2.71. The molecular formula is C16H32N2. The molecule has 2 nitrogen and oxygen atoms in total. The number of likely N-dealkylation sites (tertiary alicyclic amines) is 1. The highest BCUT2D eigenvalue weighted by molar-refractivity contribution is 4.89. The Kier molecular flexibility index (Phi) is 5.08. The molecule has 1 aliphatic heterocycles. The molecule has 1 saturated carbocycles. The Morgan fingerprint density at radius 2 is 1.83 bits per heavy atom. The second kappa shape index (κ2) is 6.38. The number of hydrogen-bond acceptors (Lipinski definition) is 2. The van der Waals surface area contributed by atoms with Gasteiger partial charge in [0.1, 0.15) is 0 Å². The second-order valence-corrected chi connectivity index (χ2v) is 6.76. The molecule has 18 heavy (non-hydrogen) atoms. The van der Waals surface area contributed by atoms with Crippen LogP contribution in [0.2, 0.25) is 0 Å². The lowest BCUT2D eigenvalue weighted by Crippen LogP contribution is -2.45. The van der Waals surface area contributed by atoms with Gasteiger partial charge in [-0.25, -0.2) is 0 Å². The van der Waals surface area contributed by atoms with Gasteiger partial charge < -0.3 is 9.80 Å². The van der Waals surface area contributed by atoms with Crippen LogP contribution in [0.15, 0.2) is 0 Å². The number of piperidine rings is 1. The first-order chi connectivity index (χ1) is 8.67. The third-order valence-corrected chi connectivity index (χ3v) is 5.13. The fraction of sp³-hybridized carbons (Fsp3) is 1.00. The van der Waals surface area contributed by atoms with Crippen molar-refractivity contribution in [1.82, 2.24) is 9.80 Å². The summed E-state index contributed by atoms with van der Waals surface area (Å²) in [4.78, 5) is 5.40. The Bertz CT molecular complexity index is 239. The molecule has 0 aromatic carbocycles. The van der Waals surface area contributed by atoms with Gasteiger partial charge in [-0.15, -0.1) is 0 Å². The molecule has 1 heterocycles. The number of nitrogens with zero attached hydrogens (tertiary/aromatic N) is 2. The van der Waals surface area contributed by atoms with Crippen molar-refractivity contribution in [1.29, 1.82) is 0 Å². The summed E-state index contributed by atoms with van der Waals surface area (Å²) < 4.78 is 0. The van der Waals surface area contributed by atoms with Crippen LogP contribution in [-0.4, -0.2) is 48.6 Å². The van der Waals surface area contributed by atoms with E-state index in [1.807, 2.05) is 0 Å². The van der Waals surface area contributed by atoms with E-state index < -0.39 is 0 Å². The maximum Gasteiger partial charge on any atom is 0.0119 e. The summed E-state index contributed by atoms with van der Waals surface area (Å²) in [5.41, 5.74) is 0.731. The third-order valence-electron chi connectivity index (χ3n) is 5.13. The van der Waals surface area contributed by atoms with Crippen LogP contribution in [0.5, 0.6) is 0 Å². The summed E-state index contributed by atoms with van der Waals surface area (Å²) in [6, 6.07) is 0.864. The van der Waals surface area contributed by atoms with Crippen LogP contribution in [0.4, 0.5) is 0 Å². The molecule has 0 aromatic rings. The summed E-state index contributed by atoms with van der Waals surface area (Å²) in [6.07, 6.45) is 8.47. The highest BCUT2D eigenvalue weighted by atomic mass is 15.2. The van der Waals surface area contributed by atoms with Gasteiger partial charge in [0.15, 0.2) is 0 Å². The van der Waals surface area contributed by atoms with Crippen molar-refractivity contribution >= 4 is 0 Å². The third kappa shape index (κ3) is 3.96. The summed E-state index contributed by atoms with van der Waals surface area (Å²) in [6.45, 7) is 13.6. The number of rotatable bonds is 7. The van der Waals surface area contributed by atoms with Gasteiger partial charge in [0, 0.05) is 6.04 Å². The molecule has 0 spiro atoms. The lowest BCUT2D eigenvalue weighted by atomic mass is 10.0. The topological polar surface area (TPSA) is 6.48 Å². The van der Waals surface area contributed by atoms with Gasteiger partial charge in [-0.1, -0.05) is 20.8 Å². The van der Waals surface area contributed by atoms with Crippen LogP contribution in [-0.2, 0) is 0 Å². The summed E-state index contributed by atoms with van der Waals surface area (Å²) in [5.74, 6) is 0. The molecule has 2 rings (SSSR count). The molecule has 106 valence electrons. The zero-order valence-electron chi connectivity index (χ0n) is 12.7. The zero-order valence-corrected chi connectivity index (χ0v) is 12.7. The standard InChI is InChI=1S/C16H32N2/c1-4-11-18(5-2)15-6-12-17(13-7-15)14-10-16(3)8-9-16/h15H,4-14H2,1-3H3. The zero-order chi connectivity index (χ0) is 13.0. The van der Waals surface area contributed by atoms with E-state index in [0.717, 1.165) is 11.5 Å². The monoisotopic (exact) mass is 252 g/mol. The molecule has 2 aliphatic rings. The molecule has 0 aromatic heterocycles. The molecule has 0 N–H and O–H groups in total. The van der Waals surface area contributed by atoms with E-state index in [-0.39, 0.29) is 0 Å². The molecule has 0 unspecified atom stereocenters. The van der Waals surface area contributed by atoms with Crippen LogP contribution in [0, 0.1) is 5.41 Å². The predicted octanol–water partition coefficient (Wildman–Crippen LogP) is 3.37. The van der Waals surface area contributed by atoms with E-state index in [9.17, 15) is 0 Å². The molecule has 0 amide bonds.